The van der Waals surface area contributed by atoms with Gasteiger partial charge in [0.25, 0.3) is 5.91 Å². The molecular formula is C20H24FNO3. The van der Waals surface area contributed by atoms with Crippen LogP contribution < -0.4 is 14.8 Å². The highest BCUT2D eigenvalue weighted by molar-refractivity contribution is 5.84. The van der Waals surface area contributed by atoms with Crippen molar-refractivity contribution in [2.24, 2.45) is 0 Å². The van der Waals surface area contributed by atoms with Gasteiger partial charge in [-0.05, 0) is 69.2 Å². The van der Waals surface area contributed by atoms with Crippen molar-refractivity contribution in [3.63, 3.8) is 0 Å². The van der Waals surface area contributed by atoms with E-state index in [4.69, 9.17) is 9.47 Å². The molecule has 0 aromatic heterocycles. The quantitative estimate of drug-likeness (QED) is 0.832. The van der Waals surface area contributed by atoms with Crippen molar-refractivity contribution in [1.82, 2.24) is 5.32 Å². The largest absolute Gasteiger partial charge is 0.497 e. The fourth-order valence-corrected chi connectivity index (χ4v) is 2.45. The normalized spacial score (nSPS) is 12.4. The molecule has 2 rings (SSSR count). The summed E-state index contributed by atoms with van der Waals surface area (Å²) in [5.74, 6) is 0.659. The van der Waals surface area contributed by atoms with Crippen LogP contribution in [-0.4, -0.2) is 24.7 Å². The molecule has 1 amide bonds. The van der Waals surface area contributed by atoms with E-state index in [9.17, 15) is 9.18 Å². The van der Waals surface area contributed by atoms with Crippen LogP contribution in [0.1, 0.15) is 26.3 Å². The van der Waals surface area contributed by atoms with Gasteiger partial charge < -0.3 is 14.8 Å². The van der Waals surface area contributed by atoms with Crippen LogP contribution in [0.5, 0.6) is 11.5 Å². The number of amides is 1. The van der Waals surface area contributed by atoms with E-state index in [-0.39, 0.29) is 17.8 Å². The van der Waals surface area contributed by atoms with Crippen molar-refractivity contribution in [2.75, 3.05) is 7.11 Å². The number of benzene rings is 2. The SMILES string of the molecule is COc1cccc(CC(C)NC(=O)C(C)(C)Oc2ccc(F)cc2)c1. The van der Waals surface area contributed by atoms with E-state index in [1.165, 1.54) is 24.3 Å². The van der Waals surface area contributed by atoms with E-state index in [0.29, 0.717) is 12.2 Å². The standard InChI is InChI=1S/C20H24FNO3/c1-14(12-15-6-5-7-18(13-15)24-4)22-19(23)20(2,3)25-17-10-8-16(21)9-11-17/h5-11,13-14H,12H2,1-4H3,(H,22,23). The Morgan fingerprint density at radius 3 is 2.48 bits per heavy atom. The predicted octanol–water partition coefficient (Wildman–Crippen LogP) is 3.74. The fourth-order valence-electron chi connectivity index (χ4n) is 2.45. The zero-order valence-electron chi connectivity index (χ0n) is 15.0. The van der Waals surface area contributed by atoms with Gasteiger partial charge in [-0.15, -0.1) is 0 Å². The molecule has 0 heterocycles. The molecule has 1 atom stereocenters. The predicted molar refractivity (Wildman–Crippen MR) is 95.4 cm³/mol. The maximum absolute atomic E-state index is 13.0. The lowest BCUT2D eigenvalue weighted by Crippen LogP contribution is -2.49. The number of carbonyl (C=O) groups is 1. The Bertz CT molecular complexity index is 713. The van der Waals surface area contributed by atoms with Gasteiger partial charge in [-0.1, -0.05) is 12.1 Å². The number of hydrogen-bond acceptors (Lipinski definition) is 3. The Morgan fingerprint density at radius 1 is 1.16 bits per heavy atom. The molecule has 0 saturated carbocycles. The topological polar surface area (TPSA) is 47.6 Å². The maximum atomic E-state index is 13.0. The average molecular weight is 345 g/mol. The van der Waals surface area contributed by atoms with Crippen LogP contribution in [0.15, 0.2) is 48.5 Å². The minimum absolute atomic E-state index is 0.0734. The van der Waals surface area contributed by atoms with Crippen LogP contribution in [0.2, 0.25) is 0 Å². The molecule has 0 saturated heterocycles. The zero-order chi connectivity index (χ0) is 18.4. The van der Waals surface area contributed by atoms with Crippen molar-refractivity contribution in [2.45, 2.75) is 38.8 Å². The van der Waals surface area contributed by atoms with Gasteiger partial charge in [-0.2, -0.15) is 0 Å². The van der Waals surface area contributed by atoms with Crippen molar-refractivity contribution in [3.8, 4) is 11.5 Å². The zero-order valence-corrected chi connectivity index (χ0v) is 15.0. The van der Waals surface area contributed by atoms with Crippen LogP contribution in [0, 0.1) is 5.82 Å². The minimum atomic E-state index is -1.07. The maximum Gasteiger partial charge on any atom is 0.263 e. The summed E-state index contributed by atoms with van der Waals surface area (Å²) in [4.78, 5) is 12.5. The Labute approximate surface area is 148 Å². The first-order valence-corrected chi connectivity index (χ1v) is 8.18. The van der Waals surface area contributed by atoms with Crippen molar-refractivity contribution in [3.05, 3.63) is 59.9 Å². The van der Waals surface area contributed by atoms with Gasteiger partial charge >= 0.3 is 0 Å². The van der Waals surface area contributed by atoms with E-state index < -0.39 is 5.60 Å². The van der Waals surface area contributed by atoms with Crippen LogP contribution in [0.3, 0.4) is 0 Å². The summed E-state index contributed by atoms with van der Waals surface area (Å²) in [5, 5.41) is 2.96. The number of halogens is 1. The van der Waals surface area contributed by atoms with E-state index in [1.54, 1.807) is 21.0 Å². The molecule has 0 radical (unpaired) electrons. The average Bonchev–Trinajstić information content (AvgIpc) is 2.56. The Balaban J connectivity index is 1.95. The first kappa shape index (κ1) is 18.8. The van der Waals surface area contributed by atoms with Crippen LogP contribution >= 0.6 is 0 Å². The minimum Gasteiger partial charge on any atom is -0.497 e. The molecule has 0 fully saturated rings. The fraction of sp³-hybridized carbons (Fsp3) is 0.350. The lowest BCUT2D eigenvalue weighted by atomic mass is 10.0. The molecule has 4 nitrogen and oxygen atoms in total. The molecule has 0 aliphatic heterocycles. The van der Waals surface area contributed by atoms with E-state index >= 15 is 0 Å². The summed E-state index contributed by atoms with van der Waals surface area (Å²) in [7, 11) is 1.62. The molecule has 134 valence electrons. The third kappa shape index (κ3) is 5.48. The second-order valence-electron chi connectivity index (χ2n) is 6.50. The van der Waals surface area contributed by atoms with Crippen molar-refractivity contribution in [1.29, 1.82) is 0 Å². The molecule has 2 aromatic carbocycles. The van der Waals surface area contributed by atoms with Gasteiger partial charge in [-0.3, -0.25) is 4.79 Å². The molecule has 0 aliphatic rings. The number of methoxy groups -OCH3 is 1. The van der Waals surface area contributed by atoms with Gasteiger partial charge in [0.2, 0.25) is 0 Å². The summed E-state index contributed by atoms with van der Waals surface area (Å²) in [5.41, 5.74) is 0.00455. The molecule has 1 N–H and O–H groups in total. The number of ether oxygens (including phenoxy) is 2. The molecule has 0 bridgehead atoms. The van der Waals surface area contributed by atoms with E-state index in [1.807, 2.05) is 31.2 Å². The Hall–Kier alpha value is -2.56. The summed E-state index contributed by atoms with van der Waals surface area (Å²) in [6.07, 6.45) is 0.676. The second-order valence-corrected chi connectivity index (χ2v) is 6.50. The molecule has 1 unspecified atom stereocenters. The van der Waals surface area contributed by atoms with Crippen LogP contribution in [0.4, 0.5) is 4.39 Å². The molecule has 5 heteroatoms. The highest BCUT2D eigenvalue weighted by Gasteiger charge is 2.30. The van der Waals surface area contributed by atoms with Crippen molar-refractivity contribution < 1.29 is 18.7 Å². The summed E-state index contributed by atoms with van der Waals surface area (Å²) in [6, 6.07) is 13.3. The monoisotopic (exact) mass is 345 g/mol. The second kappa shape index (κ2) is 8.01. The van der Waals surface area contributed by atoms with Gasteiger partial charge in [0.15, 0.2) is 5.60 Å². The van der Waals surface area contributed by atoms with E-state index in [2.05, 4.69) is 5.32 Å². The van der Waals surface area contributed by atoms with Crippen LogP contribution in [-0.2, 0) is 11.2 Å². The number of rotatable bonds is 7. The van der Waals surface area contributed by atoms with E-state index in [0.717, 1.165) is 11.3 Å². The molecule has 0 aliphatic carbocycles. The molecule has 0 spiro atoms. The summed E-state index contributed by atoms with van der Waals surface area (Å²) in [6.45, 7) is 5.30. The van der Waals surface area contributed by atoms with Gasteiger partial charge in [0.1, 0.15) is 17.3 Å². The highest BCUT2D eigenvalue weighted by Crippen LogP contribution is 2.19. The van der Waals surface area contributed by atoms with Crippen LogP contribution in [0.25, 0.3) is 0 Å². The Morgan fingerprint density at radius 2 is 1.84 bits per heavy atom. The first-order valence-electron chi connectivity index (χ1n) is 8.18. The molecule has 25 heavy (non-hydrogen) atoms. The van der Waals surface area contributed by atoms with Crippen molar-refractivity contribution >= 4 is 5.91 Å². The number of carbonyl (C=O) groups excluding carboxylic acids is 1. The highest BCUT2D eigenvalue weighted by atomic mass is 19.1. The van der Waals surface area contributed by atoms with Gasteiger partial charge in [-0.25, -0.2) is 4.39 Å². The molecule has 2 aromatic rings. The lowest BCUT2D eigenvalue weighted by Gasteiger charge is -2.27. The first-order chi connectivity index (χ1) is 11.8. The molecular weight excluding hydrogens is 321 g/mol. The third-order valence-electron chi connectivity index (χ3n) is 3.79. The third-order valence-corrected chi connectivity index (χ3v) is 3.79. The lowest BCUT2D eigenvalue weighted by molar-refractivity contribution is -0.134. The summed E-state index contributed by atoms with van der Waals surface area (Å²) < 4.78 is 23.9. The smallest absolute Gasteiger partial charge is 0.263 e. The Kier molecular flexibility index (Phi) is 6.02. The number of nitrogens with one attached hydrogen (secondary N) is 1. The van der Waals surface area contributed by atoms with Gasteiger partial charge in [0.05, 0.1) is 7.11 Å². The van der Waals surface area contributed by atoms with Gasteiger partial charge in [0, 0.05) is 6.04 Å². The number of hydrogen-bond donors (Lipinski definition) is 1. The summed E-state index contributed by atoms with van der Waals surface area (Å²) >= 11 is 0.